The largest absolute Gasteiger partial charge is 0.493 e. The number of hydroxylamine groups is 1. The van der Waals surface area contributed by atoms with Crippen LogP contribution in [0.15, 0.2) is 36.7 Å². The van der Waals surface area contributed by atoms with Crippen LogP contribution in [0.4, 0.5) is 15.9 Å². The average Bonchev–Trinajstić information content (AvgIpc) is 2.82. The Hall–Kier alpha value is -3.90. The number of nitrogens with one attached hydrogen (secondary N) is 2. The minimum Gasteiger partial charge on any atom is -0.493 e. The SMILES string of the molecule is C#Cc1cc(Nc2ncnc3cc(OC)c(OCC(C)(C)CC(C)(C)C(=O)NO)cc23)ccc1F. The molecular formula is C26H29FN4O4. The van der Waals surface area contributed by atoms with Crippen LogP contribution in [0.1, 0.15) is 39.7 Å². The normalized spacial score (nSPS) is 11.6. The van der Waals surface area contributed by atoms with Crippen molar-refractivity contribution in [1.29, 1.82) is 0 Å². The maximum Gasteiger partial charge on any atom is 0.249 e. The molecule has 0 saturated heterocycles. The molecule has 0 aliphatic carbocycles. The van der Waals surface area contributed by atoms with Gasteiger partial charge in [-0.3, -0.25) is 10.0 Å². The molecule has 9 heteroatoms. The quantitative estimate of drug-likeness (QED) is 0.229. The van der Waals surface area contributed by atoms with E-state index < -0.39 is 22.6 Å². The second-order valence-corrected chi connectivity index (χ2v) is 9.66. The van der Waals surface area contributed by atoms with Crippen LogP contribution in [-0.4, -0.2) is 34.8 Å². The summed E-state index contributed by atoms with van der Waals surface area (Å²) in [4.78, 5) is 20.7. The first kappa shape index (κ1) is 25.7. The second-order valence-electron chi connectivity index (χ2n) is 9.66. The van der Waals surface area contributed by atoms with Crippen molar-refractivity contribution in [2.24, 2.45) is 10.8 Å². The van der Waals surface area contributed by atoms with Crippen molar-refractivity contribution in [2.45, 2.75) is 34.1 Å². The number of anilines is 2. The Labute approximate surface area is 203 Å². The molecule has 0 saturated carbocycles. The molecule has 184 valence electrons. The molecule has 0 radical (unpaired) electrons. The number of halogens is 1. The van der Waals surface area contributed by atoms with Crippen LogP contribution in [0, 0.1) is 29.0 Å². The van der Waals surface area contributed by atoms with Gasteiger partial charge in [-0.1, -0.05) is 33.6 Å². The first-order valence-corrected chi connectivity index (χ1v) is 10.9. The number of amides is 1. The van der Waals surface area contributed by atoms with Crippen LogP contribution >= 0.6 is 0 Å². The van der Waals surface area contributed by atoms with Gasteiger partial charge in [-0.2, -0.15) is 0 Å². The molecule has 0 bridgehead atoms. The van der Waals surface area contributed by atoms with Gasteiger partial charge in [0.1, 0.15) is 18.0 Å². The van der Waals surface area contributed by atoms with Crippen molar-refractivity contribution in [3.05, 3.63) is 48.0 Å². The molecule has 0 aliphatic heterocycles. The van der Waals surface area contributed by atoms with E-state index in [1.165, 1.54) is 25.6 Å². The lowest BCUT2D eigenvalue weighted by atomic mass is 9.75. The van der Waals surface area contributed by atoms with Gasteiger partial charge < -0.3 is 14.8 Å². The van der Waals surface area contributed by atoms with E-state index in [0.29, 0.717) is 40.3 Å². The van der Waals surface area contributed by atoms with Crippen molar-refractivity contribution < 1.29 is 23.9 Å². The molecule has 0 unspecified atom stereocenters. The number of rotatable bonds is 9. The highest BCUT2D eigenvalue weighted by atomic mass is 19.1. The summed E-state index contributed by atoms with van der Waals surface area (Å²) >= 11 is 0. The fourth-order valence-electron chi connectivity index (χ4n) is 4.04. The molecule has 3 rings (SSSR count). The summed E-state index contributed by atoms with van der Waals surface area (Å²) in [5, 5.41) is 12.8. The first-order valence-electron chi connectivity index (χ1n) is 10.9. The number of terminal acetylenes is 1. The predicted octanol–water partition coefficient (Wildman–Crippen LogP) is 4.83. The van der Waals surface area contributed by atoms with Crippen molar-refractivity contribution in [1.82, 2.24) is 15.4 Å². The van der Waals surface area contributed by atoms with E-state index in [-0.39, 0.29) is 12.2 Å². The molecule has 0 spiro atoms. The van der Waals surface area contributed by atoms with Gasteiger partial charge in [0.05, 0.1) is 24.8 Å². The van der Waals surface area contributed by atoms with Crippen LogP contribution in [0.2, 0.25) is 0 Å². The van der Waals surface area contributed by atoms with Gasteiger partial charge >= 0.3 is 0 Å². The maximum atomic E-state index is 13.8. The molecule has 0 aliphatic rings. The highest BCUT2D eigenvalue weighted by Crippen LogP contribution is 2.38. The smallest absolute Gasteiger partial charge is 0.249 e. The third-order valence-corrected chi connectivity index (χ3v) is 5.56. The molecule has 8 nitrogen and oxygen atoms in total. The number of nitrogens with zero attached hydrogens (tertiary/aromatic N) is 2. The number of carbonyl (C=O) groups is 1. The Balaban J connectivity index is 1.91. The Kier molecular flexibility index (Phi) is 7.46. The van der Waals surface area contributed by atoms with Gasteiger partial charge in [0.2, 0.25) is 5.91 Å². The lowest BCUT2D eigenvalue weighted by molar-refractivity contribution is -0.140. The number of hydrogen-bond acceptors (Lipinski definition) is 7. The molecule has 0 atom stereocenters. The van der Waals surface area contributed by atoms with Gasteiger partial charge in [-0.05, 0) is 36.1 Å². The number of aromatic nitrogens is 2. The van der Waals surface area contributed by atoms with E-state index in [9.17, 15) is 9.18 Å². The zero-order chi connectivity index (χ0) is 25.8. The highest BCUT2D eigenvalue weighted by molar-refractivity contribution is 5.93. The number of carbonyl (C=O) groups excluding carboxylic acids is 1. The molecule has 35 heavy (non-hydrogen) atoms. The van der Waals surface area contributed by atoms with Crippen LogP contribution in [0.25, 0.3) is 10.9 Å². The first-order chi connectivity index (χ1) is 16.5. The Morgan fingerprint density at radius 1 is 1.17 bits per heavy atom. The summed E-state index contributed by atoms with van der Waals surface area (Å²) in [5.74, 6) is 2.82. The summed E-state index contributed by atoms with van der Waals surface area (Å²) in [6, 6.07) is 7.89. The number of ether oxygens (including phenoxy) is 2. The molecule has 1 aromatic heterocycles. The fourth-order valence-corrected chi connectivity index (χ4v) is 4.04. The van der Waals surface area contributed by atoms with Gasteiger partial charge in [0, 0.05) is 22.6 Å². The molecule has 3 N–H and O–H groups in total. The third kappa shape index (κ3) is 5.97. The van der Waals surface area contributed by atoms with E-state index in [1.54, 1.807) is 37.5 Å². The summed E-state index contributed by atoms with van der Waals surface area (Å²) < 4.78 is 25.4. The van der Waals surface area contributed by atoms with Crippen molar-refractivity contribution in [3.63, 3.8) is 0 Å². The zero-order valence-corrected chi connectivity index (χ0v) is 20.4. The Morgan fingerprint density at radius 3 is 2.57 bits per heavy atom. The Morgan fingerprint density at radius 2 is 1.91 bits per heavy atom. The van der Waals surface area contributed by atoms with E-state index >= 15 is 0 Å². The number of methoxy groups -OCH3 is 1. The highest BCUT2D eigenvalue weighted by Gasteiger charge is 2.35. The Bertz CT molecular complexity index is 1280. The van der Waals surface area contributed by atoms with Crippen LogP contribution in [-0.2, 0) is 4.79 Å². The molecule has 1 amide bonds. The minimum absolute atomic E-state index is 0.138. The number of hydrogen-bond donors (Lipinski definition) is 3. The summed E-state index contributed by atoms with van der Waals surface area (Å²) in [7, 11) is 1.54. The van der Waals surface area contributed by atoms with Crippen LogP contribution in [0.5, 0.6) is 11.5 Å². The van der Waals surface area contributed by atoms with E-state index in [2.05, 4.69) is 21.2 Å². The van der Waals surface area contributed by atoms with Gasteiger partial charge in [-0.25, -0.2) is 19.8 Å². The van der Waals surface area contributed by atoms with Crippen molar-refractivity contribution in [2.75, 3.05) is 19.0 Å². The van der Waals surface area contributed by atoms with Crippen LogP contribution in [0.3, 0.4) is 0 Å². The van der Waals surface area contributed by atoms with Crippen molar-refractivity contribution >= 4 is 28.3 Å². The summed E-state index contributed by atoms with van der Waals surface area (Å²) in [6.45, 7) is 7.73. The maximum absolute atomic E-state index is 13.8. The fraction of sp³-hybridized carbons (Fsp3) is 0.346. The number of benzene rings is 2. The van der Waals surface area contributed by atoms with E-state index in [0.717, 1.165) is 0 Å². The van der Waals surface area contributed by atoms with E-state index in [4.69, 9.17) is 21.1 Å². The minimum atomic E-state index is -0.799. The molecule has 2 aromatic carbocycles. The predicted molar refractivity (Wildman–Crippen MR) is 131 cm³/mol. The monoisotopic (exact) mass is 480 g/mol. The summed E-state index contributed by atoms with van der Waals surface area (Å²) in [6.07, 6.45) is 7.25. The lowest BCUT2D eigenvalue weighted by Gasteiger charge is -2.33. The van der Waals surface area contributed by atoms with Gasteiger partial charge in [-0.15, -0.1) is 6.42 Å². The molecular weight excluding hydrogens is 451 g/mol. The second kappa shape index (κ2) is 10.2. The third-order valence-electron chi connectivity index (χ3n) is 5.56. The zero-order valence-electron chi connectivity index (χ0n) is 20.4. The van der Waals surface area contributed by atoms with E-state index in [1.807, 2.05) is 13.8 Å². The van der Waals surface area contributed by atoms with Gasteiger partial charge in [0.15, 0.2) is 11.5 Å². The molecule has 1 heterocycles. The molecule has 3 aromatic rings. The molecule has 0 fully saturated rings. The average molecular weight is 481 g/mol. The topological polar surface area (TPSA) is 106 Å². The number of fused-ring (bicyclic) bond motifs is 1. The van der Waals surface area contributed by atoms with Crippen LogP contribution < -0.4 is 20.3 Å². The summed E-state index contributed by atoms with van der Waals surface area (Å²) in [5.41, 5.74) is 1.84. The van der Waals surface area contributed by atoms with Gasteiger partial charge in [0.25, 0.3) is 0 Å². The lowest BCUT2D eigenvalue weighted by Crippen LogP contribution is -2.39. The standard InChI is InChI=1S/C26H29FN4O4/c1-7-16-10-17(8-9-19(16)27)30-23-18-11-22(21(34-6)12-20(18)28-15-29-23)35-14-25(2,3)13-26(4,5)24(32)31-33/h1,8-12,15,33H,13-14H2,2-6H3,(H,31,32)(H,28,29,30). The van der Waals surface area contributed by atoms with Crippen molar-refractivity contribution in [3.8, 4) is 23.8 Å².